The average molecular weight is 369 g/mol. The fraction of sp³-hybridized carbons (Fsp3) is 0.538. The van der Waals surface area contributed by atoms with Gasteiger partial charge < -0.3 is 5.73 Å². The maximum atomic E-state index is 13.1. The van der Waals surface area contributed by atoms with Crippen molar-refractivity contribution < 1.29 is 26.5 Å². The molecule has 0 aliphatic carbocycles. The van der Waals surface area contributed by atoms with Crippen molar-refractivity contribution in [1.29, 1.82) is 0 Å². The van der Waals surface area contributed by atoms with E-state index in [9.17, 15) is 31.7 Å². The maximum Gasteiger partial charge on any atom is 0.417 e. The van der Waals surface area contributed by atoms with Crippen LogP contribution in [0.1, 0.15) is 25.8 Å². The monoisotopic (exact) mass is 369 g/mol. The number of halogens is 3. The maximum absolute atomic E-state index is 13.1. The molecular weight excluding hydrogens is 351 g/mol. The van der Waals surface area contributed by atoms with Crippen LogP contribution in [0, 0.1) is 16.0 Å². The van der Waals surface area contributed by atoms with E-state index in [2.05, 4.69) is 4.72 Å². The van der Waals surface area contributed by atoms with Gasteiger partial charge >= 0.3 is 6.18 Å². The molecule has 7 nitrogen and oxygen atoms in total. The van der Waals surface area contributed by atoms with Gasteiger partial charge in [-0.05, 0) is 18.4 Å². The molecule has 0 spiro atoms. The Kier molecular flexibility index (Phi) is 6.31. The van der Waals surface area contributed by atoms with Gasteiger partial charge in [-0.1, -0.05) is 13.8 Å². The predicted octanol–water partition coefficient (Wildman–Crippen LogP) is 2.27. The second kappa shape index (κ2) is 7.45. The van der Waals surface area contributed by atoms with Gasteiger partial charge in [-0.2, -0.15) is 13.2 Å². The summed E-state index contributed by atoms with van der Waals surface area (Å²) in [5.74, 6) is 0.0696. The van der Waals surface area contributed by atoms with Crippen molar-refractivity contribution in [2.24, 2.45) is 11.7 Å². The van der Waals surface area contributed by atoms with E-state index < -0.39 is 43.3 Å². The van der Waals surface area contributed by atoms with Crippen LogP contribution >= 0.6 is 0 Å². The summed E-state index contributed by atoms with van der Waals surface area (Å²) in [6, 6.07) is 0.746. The Morgan fingerprint density at radius 3 is 2.33 bits per heavy atom. The van der Waals surface area contributed by atoms with Gasteiger partial charge in [0.2, 0.25) is 10.0 Å². The zero-order valence-electron chi connectivity index (χ0n) is 13.0. The summed E-state index contributed by atoms with van der Waals surface area (Å²) in [7, 11) is -4.55. The molecular formula is C13H18F3N3O4S. The second-order valence-electron chi connectivity index (χ2n) is 5.62. The summed E-state index contributed by atoms with van der Waals surface area (Å²) >= 11 is 0. The molecule has 1 aromatic carbocycles. The Labute approximate surface area is 137 Å². The number of nitrogens with zero attached hydrogens (tertiary/aromatic N) is 1. The lowest BCUT2D eigenvalue weighted by molar-refractivity contribution is -0.385. The number of non-ortho nitro benzene ring substituents is 1. The topological polar surface area (TPSA) is 115 Å². The molecule has 1 aromatic rings. The van der Waals surface area contributed by atoms with E-state index in [1.807, 2.05) is 13.8 Å². The number of nitro benzene ring substituents is 1. The first kappa shape index (κ1) is 20.3. The molecule has 3 N–H and O–H groups in total. The fourth-order valence-corrected chi connectivity index (χ4v) is 3.60. The van der Waals surface area contributed by atoms with E-state index in [0.717, 1.165) is 0 Å². The number of alkyl halides is 3. The third-order valence-electron chi connectivity index (χ3n) is 3.13. The van der Waals surface area contributed by atoms with E-state index in [-0.39, 0.29) is 18.5 Å². The smallest absolute Gasteiger partial charge is 0.329 e. The molecule has 0 radical (unpaired) electrons. The summed E-state index contributed by atoms with van der Waals surface area (Å²) < 4.78 is 66.1. The van der Waals surface area contributed by atoms with Crippen molar-refractivity contribution >= 4 is 15.7 Å². The highest BCUT2D eigenvalue weighted by atomic mass is 32.2. The molecule has 1 atom stereocenters. The molecule has 24 heavy (non-hydrogen) atoms. The lowest BCUT2D eigenvalue weighted by Crippen LogP contribution is -2.41. The minimum Gasteiger partial charge on any atom is -0.329 e. The molecule has 0 bridgehead atoms. The molecule has 11 heteroatoms. The molecule has 0 aliphatic rings. The van der Waals surface area contributed by atoms with Crippen LogP contribution in [-0.4, -0.2) is 25.9 Å². The van der Waals surface area contributed by atoms with Gasteiger partial charge in [-0.3, -0.25) is 10.1 Å². The minimum absolute atomic E-state index is 0.0696. The number of benzene rings is 1. The van der Waals surface area contributed by atoms with Gasteiger partial charge in [0.15, 0.2) is 0 Å². The number of nitrogens with one attached hydrogen (secondary N) is 1. The fourth-order valence-electron chi connectivity index (χ4n) is 2.13. The van der Waals surface area contributed by atoms with Crippen molar-refractivity contribution in [2.75, 3.05) is 6.54 Å². The minimum atomic E-state index is -5.06. The Bertz CT molecular complexity index is 705. The molecule has 1 unspecified atom stereocenters. The zero-order valence-corrected chi connectivity index (χ0v) is 13.8. The summed E-state index contributed by atoms with van der Waals surface area (Å²) in [6.07, 6.45) is -4.73. The molecule has 136 valence electrons. The molecule has 0 heterocycles. The standard InChI is InChI=1S/C13H18F3N3O4S/c1-8(2)5-9(7-17)18-24(22,23)12-4-3-10(19(20)21)6-11(12)13(14,15)16/h3-4,6,8-9,18H,5,7,17H2,1-2H3. The number of nitrogens with two attached hydrogens (primary N) is 1. The van der Waals surface area contributed by atoms with Gasteiger partial charge in [0.1, 0.15) is 0 Å². The van der Waals surface area contributed by atoms with Crippen molar-refractivity contribution in [3.05, 3.63) is 33.9 Å². The average Bonchev–Trinajstić information content (AvgIpc) is 2.44. The summed E-state index contributed by atoms with van der Waals surface area (Å²) in [6.45, 7) is 3.53. The first-order valence-corrected chi connectivity index (χ1v) is 8.44. The zero-order chi connectivity index (χ0) is 18.7. The normalized spacial score (nSPS) is 14.0. The van der Waals surface area contributed by atoms with Crippen molar-refractivity contribution in [3.63, 3.8) is 0 Å². The van der Waals surface area contributed by atoms with Crippen LogP contribution in [0.2, 0.25) is 0 Å². The lowest BCUT2D eigenvalue weighted by atomic mass is 10.1. The number of rotatable bonds is 7. The molecule has 0 aromatic heterocycles. The quantitative estimate of drug-likeness (QED) is 0.565. The SMILES string of the molecule is CC(C)CC(CN)NS(=O)(=O)c1ccc([N+](=O)[O-])cc1C(F)(F)F. The molecule has 0 saturated carbocycles. The van der Waals surface area contributed by atoms with Gasteiger partial charge in [0.05, 0.1) is 15.4 Å². The van der Waals surface area contributed by atoms with Crippen LogP contribution in [0.4, 0.5) is 18.9 Å². The summed E-state index contributed by atoms with van der Waals surface area (Å²) in [4.78, 5) is 8.55. The van der Waals surface area contributed by atoms with Gasteiger partial charge in [0, 0.05) is 24.7 Å². The van der Waals surface area contributed by atoms with E-state index in [1.165, 1.54) is 0 Å². The van der Waals surface area contributed by atoms with Crippen molar-refractivity contribution in [3.8, 4) is 0 Å². The molecule has 0 amide bonds. The van der Waals surface area contributed by atoms with Crippen LogP contribution < -0.4 is 10.5 Å². The summed E-state index contributed by atoms with van der Waals surface area (Å²) in [5, 5.41) is 10.6. The van der Waals surface area contributed by atoms with E-state index in [0.29, 0.717) is 18.6 Å². The first-order chi connectivity index (χ1) is 10.9. The van der Waals surface area contributed by atoms with Gasteiger partial charge in [-0.15, -0.1) is 0 Å². The van der Waals surface area contributed by atoms with E-state index in [4.69, 9.17) is 5.73 Å². The van der Waals surface area contributed by atoms with Crippen LogP contribution in [-0.2, 0) is 16.2 Å². The molecule has 0 fully saturated rings. The highest BCUT2D eigenvalue weighted by Crippen LogP contribution is 2.36. The van der Waals surface area contributed by atoms with Crippen LogP contribution in [0.3, 0.4) is 0 Å². The molecule has 0 saturated heterocycles. The van der Waals surface area contributed by atoms with Crippen LogP contribution in [0.25, 0.3) is 0 Å². The Morgan fingerprint density at radius 1 is 1.33 bits per heavy atom. The lowest BCUT2D eigenvalue weighted by Gasteiger charge is -2.20. The Hall–Kier alpha value is -1.72. The Morgan fingerprint density at radius 2 is 1.92 bits per heavy atom. The van der Waals surface area contributed by atoms with Crippen LogP contribution in [0.15, 0.2) is 23.1 Å². The predicted molar refractivity (Wildman–Crippen MR) is 80.7 cm³/mol. The second-order valence-corrected chi connectivity index (χ2v) is 7.30. The van der Waals surface area contributed by atoms with Crippen molar-refractivity contribution in [2.45, 2.75) is 37.4 Å². The van der Waals surface area contributed by atoms with Gasteiger partial charge in [-0.25, -0.2) is 13.1 Å². The number of hydrogen-bond acceptors (Lipinski definition) is 5. The third kappa shape index (κ3) is 5.14. The van der Waals surface area contributed by atoms with Crippen LogP contribution in [0.5, 0.6) is 0 Å². The number of nitro groups is 1. The summed E-state index contributed by atoms with van der Waals surface area (Å²) in [5.41, 5.74) is 3.01. The number of hydrogen-bond donors (Lipinski definition) is 2. The highest BCUT2D eigenvalue weighted by Gasteiger charge is 2.39. The van der Waals surface area contributed by atoms with Crippen molar-refractivity contribution in [1.82, 2.24) is 4.72 Å². The molecule has 0 aliphatic heterocycles. The highest BCUT2D eigenvalue weighted by molar-refractivity contribution is 7.89. The van der Waals surface area contributed by atoms with Gasteiger partial charge in [0.25, 0.3) is 5.69 Å². The Balaban J connectivity index is 3.35. The van der Waals surface area contributed by atoms with E-state index in [1.54, 1.807) is 0 Å². The third-order valence-corrected chi connectivity index (χ3v) is 4.71. The largest absolute Gasteiger partial charge is 0.417 e. The molecule has 1 rings (SSSR count). The number of sulfonamides is 1. The van der Waals surface area contributed by atoms with E-state index >= 15 is 0 Å². The first-order valence-electron chi connectivity index (χ1n) is 6.96.